The van der Waals surface area contributed by atoms with Gasteiger partial charge in [-0.15, -0.1) is 5.10 Å². The number of hydrogen-bond donors (Lipinski definition) is 1. The quantitative estimate of drug-likeness (QED) is 0.510. The molecule has 1 aliphatic rings. The minimum Gasteiger partial charge on any atom is -0.497 e. The number of likely N-dealkylation sites (N-methyl/N-ethyl adjacent to an activating group) is 1. The van der Waals surface area contributed by atoms with Crippen molar-refractivity contribution in [1.29, 1.82) is 0 Å². The topological polar surface area (TPSA) is 85.3 Å². The predicted octanol–water partition coefficient (Wildman–Crippen LogP) is 3.48. The van der Waals surface area contributed by atoms with Gasteiger partial charge in [-0.3, -0.25) is 0 Å². The number of rotatable bonds is 4. The summed E-state index contributed by atoms with van der Waals surface area (Å²) in [7, 11) is 3.76. The summed E-state index contributed by atoms with van der Waals surface area (Å²) in [5.41, 5.74) is 9.57. The Labute approximate surface area is 191 Å². The summed E-state index contributed by atoms with van der Waals surface area (Å²) in [6.45, 7) is 3.62. The summed E-state index contributed by atoms with van der Waals surface area (Å²) in [5.74, 6) is 1.89. The van der Waals surface area contributed by atoms with Gasteiger partial charge < -0.3 is 20.3 Å². The molecule has 32 heavy (non-hydrogen) atoms. The average molecular weight is 450 g/mol. The Balaban J connectivity index is 1.69. The van der Waals surface area contributed by atoms with Crippen LogP contribution < -0.4 is 15.4 Å². The number of nitrogen functional groups attached to an aromatic ring is 1. The van der Waals surface area contributed by atoms with E-state index in [2.05, 4.69) is 16.8 Å². The van der Waals surface area contributed by atoms with Crippen LogP contribution >= 0.6 is 11.6 Å². The first-order valence-electron chi connectivity index (χ1n) is 10.4. The smallest absolute Gasteiger partial charge is 0.228 e. The fraction of sp³-hybridized carbons (Fsp3) is 0.261. The molecular formula is C23H24ClN7O. The van der Waals surface area contributed by atoms with Crippen LogP contribution in [0, 0.1) is 0 Å². The Morgan fingerprint density at radius 1 is 1.00 bits per heavy atom. The van der Waals surface area contributed by atoms with E-state index in [1.165, 1.54) is 0 Å². The fourth-order valence-electron chi connectivity index (χ4n) is 3.91. The molecule has 2 aromatic carbocycles. The van der Waals surface area contributed by atoms with Crippen LogP contribution in [0.5, 0.6) is 5.75 Å². The monoisotopic (exact) mass is 449 g/mol. The molecule has 1 saturated heterocycles. The Bertz CT molecular complexity index is 1260. The molecule has 2 N–H and O–H groups in total. The largest absolute Gasteiger partial charge is 0.497 e. The highest BCUT2D eigenvalue weighted by Crippen LogP contribution is 2.34. The second kappa shape index (κ2) is 8.29. The molecule has 3 heterocycles. The fourth-order valence-corrected chi connectivity index (χ4v) is 4.10. The standard InChI is InChI=1S/C23H24ClN7O/c1-29-10-12-30(13-11-29)23-26-20(15-4-3-5-16(24)14-15)19-21(25)31(28-22(19)27-23)17-6-8-18(32-2)9-7-17/h3-9,14H,10-13,25H2,1-2H3. The Kier molecular flexibility index (Phi) is 5.32. The Morgan fingerprint density at radius 3 is 2.44 bits per heavy atom. The molecule has 0 saturated carbocycles. The van der Waals surface area contributed by atoms with Crippen molar-refractivity contribution in [2.75, 3.05) is 51.0 Å². The maximum atomic E-state index is 6.60. The SMILES string of the molecule is COc1ccc(-n2nc3nc(N4CCN(C)CC4)nc(-c4cccc(Cl)c4)c3c2N)cc1. The molecule has 1 aliphatic heterocycles. The molecule has 0 atom stereocenters. The van der Waals surface area contributed by atoms with Crippen LogP contribution in [0.4, 0.5) is 11.8 Å². The van der Waals surface area contributed by atoms with Crippen LogP contribution in [0.1, 0.15) is 0 Å². The van der Waals surface area contributed by atoms with E-state index >= 15 is 0 Å². The van der Waals surface area contributed by atoms with Gasteiger partial charge in [-0.25, -0.2) is 9.67 Å². The highest BCUT2D eigenvalue weighted by atomic mass is 35.5. The van der Waals surface area contributed by atoms with E-state index < -0.39 is 0 Å². The van der Waals surface area contributed by atoms with Gasteiger partial charge in [0.05, 0.1) is 23.9 Å². The van der Waals surface area contributed by atoms with E-state index in [0.717, 1.165) is 48.9 Å². The number of aromatic nitrogens is 4. The normalized spacial score (nSPS) is 14.8. The van der Waals surface area contributed by atoms with Crippen molar-refractivity contribution in [2.45, 2.75) is 0 Å². The van der Waals surface area contributed by atoms with Crippen molar-refractivity contribution < 1.29 is 4.74 Å². The van der Waals surface area contributed by atoms with Gasteiger partial charge in [0.2, 0.25) is 5.95 Å². The molecule has 0 aliphatic carbocycles. The number of anilines is 2. The molecule has 164 valence electrons. The number of halogens is 1. The van der Waals surface area contributed by atoms with Crippen molar-refractivity contribution in [1.82, 2.24) is 24.6 Å². The summed E-state index contributed by atoms with van der Waals surface area (Å²) in [6.07, 6.45) is 0. The Hall–Kier alpha value is -3.36. The van der Waals surface area contributed by atoms with Crippen LogP contribution in [0.2, 0.25) is 5.02 Å². The van der Waals surface area contributed by atoms with Crippen molar-refractivity contribution >= 4 is 34.4 Å². The number of benzene rings is 2. The van der Waals surface area contributed by atoms with Crippen LogP contribution in [0.25, 0.3) is 28.0 Å². The highest BCUT2D eigenvalue weighted by molar-refractivity contribution is 6.30. The zero-order chi connectivity index (χ0) is 22.2. The molecule has 0 unspecified atom stereocenters. The van der Waals surface area contributed by atoms with E-state index in [1.54, 1.807) is 11.8 Å². The number of piperazine rings is 1. The Morgan fingerprint density at radius 2 is 1.75 bits per heavy atom. The van der Waals surface area contributed by atoms with Gasteiger partial charge >= 0.3 is 0 Å². The molecule has 2 aromatic heterocycles. The third-order valence-corrected chi connectivity index (χ3v) is 5.99. The van der Waals surface area contributed by atoms with Gasteiger partial charge in [-0.2, -0.15) is 4.98 Å². The zero-order valence-corrected chi connectivity index (χ0v) is 18.8. The molecule has 9 heteroatoms. The van der Waals surface area contributed by atoms with Gasteiger partial charge in [0, 0.05) is 36.8 Å². The molecular weight excluding hydrogens is 426 g/mol. The lowest BCUT2D eigenvalue weighted by molar-refractivity contribution is 0.311. The molecule has 0 radical (unpaired) electrons. The number of hydrogen-bond acceptors (Lipinski definition) is 7. The van der Waals surface area contributed by atoms with Crippen molar-refractivity contribution in [2.24, 2.45) is 0 Å². The highest BCUT2D eigenvalue weighted by Gasteiger charge is 2.23. The zero-order valence-electron chi connectivity index (χ0n) is 18.0. The van der Waals surface area contributed by atoms with Gasteiger partial charge in [-0.1, -0.05) is 23.7 Å². The molecule has 8 nitrogen and oxygen atoms in total. The van der Waals surface area contributed by atoms with Crippen molar-refractivity contribution in [3.05, 3.63) is 53.6 Å². The predicted molar refractivity (Wildman–Crippen MR) is 128 cm³/mol. The van der Waals surface area contributed by atoms with Crippen LogP contribution in [0.15, 0.2) is 48.5 Å². The first kappa shape index (κ1) is 20.5. The van der Waals surface area contributed by atoms with Crippen molar-refractivity contribution in [3.63, 3.8) is 0 Å². The summed E-state index contributed by atoms with van der Waals surface area (Å²) < 4.78 is 6.96. The lowest BCUT2D eigenvalue weighted by Crippen LogP contribution is -2.45. The van der Waals surface area contributed by atoms with Gasteiger partial charge in [0.15, 0.2) is 5.65 Å². The minimum atomic E-state index is 0.477. The third kappa shape index (κ3) is 3.72. The molecule has 1 fully saturated rings. The molecule has 0 amide bonds. The third-order valence-electron chi connectivity index (χ3n) is 5.76. The van der Waals surface area contributed by atoms with Crippen LogP contribution in [-0.4, -0.2) is 65.0 Å². The summed E-state index contributed by atoms with van der Waals surface area (Å²) >= 11 is 6.30. The van der Waals surface area contributed by atoms with E-state index in [0.29, 0.717) is 27.8 Å². The molecule has 5 rings (SSSR count). The van der Waals surface area contributed by atoms with E-state index in [-0.39, 0.29) is 0 Å². The maximum Gasteiger partial charge on any atom is 0.228 e. The van der Waals surface area contributed by atoms with Crippen LogP contribution in [0.3, 0.4) is 0 Å². The number of nitrogens with two attached hydrogens (primary N) is 1. The molecule has 0 spiro atoms. The maximum absolute atomic E-state index is 6.60. The number of nitrogens with zero attached hydrogens (tertiary/aromatic N) is 6. The summed E-state index contributed by atoms with van der Waals surface area (Å²) in [5, 5.41) is 6.09. The molecule has 4 aromatic rings. The number of methoxy groups -OCH3 is 1. The van der Waals surface area contributed by atoms with E-state index in [4.69, 9.17) is 37.1 Å². The first-order chi connectivity index (χ1) is 15.5. The number of fused-ring (bicyclic) bond motifs is 1. The summed E-state index contributed by atoms with van der Waals surface area (Å²) in [4.78, 5) is 14.2. The minimum absolute atomic E-state index is 0.477. The molecule has 0 bridgehead atoms. The lowest BCUT2D eigenvalue weighted by Gasteiger charge is -2.32. The van der Waals surface area contributed by atoms with E-state index in [9.17, 15) is 0 Å². The van der Waals surface area contributed by atoms with Gasteiger partial charge in [0.1, 0.15) is 11.6 Å². The van der Waals surface area contributed by atoms with Gasteiger partial charge in [0.25, 0.3) is 0 Å². The van der Waals surface area contributed by atoms with Crippen molar-refractivity contribution in [3.8, 4) is 22.7 Å². The van der Waals surface area contributed by atoms with Gasteiger partial charge in [-0.05, 0) is 43.4 Å². The average Bonchev–Trinajstić information content (AvgIpc) is 3.15. The first-order valence-corrected chi connectivity index (χ1v) is 10.8. The number of ether oxygens (including phenoxy) is 1. The second-order valence-corrected chi connectivity index (χ2v) is 8.30. The summed E-state index contributed by atoms with van der Waals surface area (Å²) in [6, 6.07) is 15.2. The second-order valence-electron chi connectivity index (χ2n) is 7.87. The van der Waals surface area contributed by atoms with E-state index in [1.807, 2.05) is 48.5 Å². The lowest BCUT2D eigenvalue weighted by atomic mass is 10.1. The van der Waals surface area contributed by atoms with Crippen LogP contribution in [-0.2, 0) is 0 Å².